The van der Waals surface area contributed by atoms with E-state index in [2.05, 4.69) is 20.5 Å². The zero-order valence-electron chi connectivity index (χ0n) is 14.3. The maximum atomic E-state index is 12.3. The molecule has 144 valence electrons. The number of hydroxylamine groups is 2. The van der Waals surface area contributed by atoms with E-state index in [1.165, 1.54) is 0 Å². The molecule has 3 rings (SSSR count). The molecule has 0 aromatic carbocycles. The van der Waals surface area contributed by atoms with Crippen molar-refractivity contribution in [2.24, 2.45) is 0 Å². The van der Waals surface area contributed by atoms with Crippen LogP contribution in [-0.4, -0.2) is 71.4 Å². The number of piperidine rings is 1. The number of carbonyl (C=O) groups is 4. The molecule has 3 N–H and O–H groups in total. The van der Waals surface area contributed by atoms with Gasteiger partial charge in [0.05, 0.1) is 6.04 Å². The Labute approximate surface area is 176 Å². The van der Waals surface area contributed by atoms with Crippen LogP contribution >= 0.6 is 0 Å². The third-order valence-corrected chi connectivity index (χ3v) is 4.76. The molecule has 3 atom stereocenters. The Balaban J connectivity index is 0.00000261. The van der Waals surface area contributed by atoms with Crippen LogP contribution in [0, 0.1) is 0 Å². The number of nitrogens with zero attached hydrogens (tertiary/aromatic N) is 2. The molecular formula is C12H16N5NaO8S. The Morgan fingerprint density at radius 1 is 1.15 bits per heavy atom. The van der Waals surface area contributed by atoms with Gasteiger partial charge >= 0.3 is 35.6 Å². The van der Waals surface area contributed by atoms with Gasteiger partial charge in [0.15, 0.2) is 0 Å². The minimum absolute atomic E-state index is 0. The monoisotopic (exact) mass is 413 g/mol. The molecule has 13 nitrogen and oxygen atoms in total. The van der Waals surface area contributed by atoms with Crippen LogP contribution in [0.4, 0.5) is 4.79 Å². The van der Waals surface area contributed by atoms with Gasteiger partial charge in [-0.2, -0.15) is 9.35 Å². The van der Waals surface area contributed by atoms with Crippen molar-refractivity contribution in [3.05, 3.63) is 0 Å². The van der Waals surface area contributed by atoms with Gasteiger partial charge in [0.2, 0.25) is 16.3 Å². The molecule has 5 amide bonds. The fraction of sp³-hybridized carbons (Fsp3) is 0.667. The standard InChI is InChI=1S/C12H17N5O8S.Na/c18-9-4-2-7(13-9)10(19)14-15-11(20)8-3-1-6-5-16(8)12(21)17(6)25-26(22,23)24;/h6-8H,1-5H2,(H,13,18)(H,14,19)(H,15,20)(H,22,23,24);/q;+1/p-1/t6-,7-,8-;/m0./s1. The van der Waals surface area contributed by atoms with Crippen LogP contribution in [0.2, 0.25) is 0 Å². The van der Waals surface area contributed by atoms with Crippen LogP contribution in [0.1, 0.15) is 25.7 Å². The Morgan fingerprint density at radius 3 is 2.41 bits per heavy atom. The largest absolute Gasteiger partial charge is 1.00 e. The predicted octanol–water partition coefficient (Wildman–Crippen LogP) is -5.92. The van der Waals surface area contributed by atoms with E-state index < -0.39 is 46.4 Å². The zero-order valence-corrected chi connectivity index (χ0v) is 17.2. The van der Waals surface area contributed by atoms with E-state index in [0.717, 1.165) is 4.90 Å². The van der Waals surface area contributed by atoms with Gasteiger partial charge in [0.1, 0.15) is 12.1 Å². The minimum Gasteiger partial charge on any atom is -0.724 e. The second-order valence-electron chi connectivity index (χ2n) is 6.13. The number of hydrogen-bond acceptors (Lipinski definition) is 8. The number of nitrogens with one attached hydrogen (secondary N) is 3. The van der Waals surface area contributed by atoms with E-state index in [1.54, 1.807) is 0 Å². The van der Waals surface area contributed by atoms with Gasteiger partial charge in [-0.15, -0.1) is 0 Å². The maximum absolute atomic E-state index is 12.3. The molecule has 0 aromatic heterocycles. The summed E-state index contributed by atoms with van der Waals surface area (Å²) in [6.07, 6.45) is 0.961. The number of urea groups is 1. The van der Waals surface area contributed by atoms with E-state index in [4.69, 9.17) is 0 Å². The number of hydrazine groups is 1. The summed E-state index contributed by atoms with van der Waals surface area (Å²) < 4.78 is 36.3. The molecule has 0 radical (unpaired) electrons. The molecule has 2 bridgehead atoms. The van der Waals surface area contributed by atoms with Gasteiger partial charge in [-0.05, 0) is 19.3 Å². The Morgan fingerprint density at radius 2 is 1.81 bits per heavy atom. The van der Waals surface area contributed by atoms with Gasteiger partial charge in [-0.1, -0.05) is 0 Å². The Kier molecular flexibility index (Phi) is 6.70. The van der Waals surface area contributed by atoms with Crippen molar-refractivity contribution in [2.75, 3.05) is 6.54 Å². The Hall–Kier alpha value is -1.45. The molecule has 3 fully saturated rings. The summed E-state index contributed by atoms with van der Waals surface area (Å²) in [5, 5.41) is 2.90. The first kappa shape index (κ1) is 21.8. The smallest absolute Gasteiger partial charge is 0.724 e. The Bertz CT molecular complexity index is 761. The average Bonchev–Trinajstić information content (AvgIpc) is 3.09. The molecule has 3 aliphatic rings. The molecule has 15 heteroatoms. The molecule has 0 spiro atoms. The van der Waals surface area contributed by atoms with Gasteiger partial charge < -0.3 is 14.8 Å². The second kappa shape index (κ2) is 8.28. The number of amides is 5. The maximum Gasteiger partial charge on any atom is 1.00 e. The van der Waals surface area contributed by atoms with Crippen LogP contribution in [-0.2, 0) is 29.1 Å². The number of fused-ring (bicyclic) bond motifs is 2. The molecule has 27 heavy (non-hydrogen) atoms. The quantitative estimate of drug-likeness (QED) is 0.176. The van der Waals surface area contributed by atoms with Crippen molar-refractivity contribution in [3.8, 4) is 0 Å². The van der Waals surface area contributed by atoms with E-state index in [9.17, 15) is 32.1 Å². The summed E-state index contributed by atoms with van der Waals surface area (Å²) in [4.78, 5) is 48.5. The summed E-state index contributed by atoms with van der Waals surface area (Å²) in [6, 6.07) is -3.27. The molecule has 3 heterocycles. The van der Waals surface area contributed by atoms with Crippen LogP contribution in [0.3, 0.4) is 0 Å². The minimum atomic E-state index is -5.12. The first-order valence-electron chi connectivity index (χ1n) is 7.80. The van der Waals surface area contributed by atoms with Crippen molar-refractivity contribution >= 4 is 34.2 Å². The molecule has 0 aromatic rings. The first-order valence-corrected chi connectivity index (χ1v) is 9.13. The normalized spacial score (nSPS) is 27.1. The molecule has 0 aliphatic carbocycles. The molecule has 3 saturated heterocycles. The molecule has 0 saturated carbocycles. The number of rotatable bonds is 4. The predicted molar refractivity (Wildman–Crippen MR) is 79.0 cm³/mol. The van der Waals surface area contributed by atoms with Crippen LogP contribution in [0.25, 0.3) is 0 Å². The van der Waals surface area contributed by atoms with Crippen molar-refractivity contribution in [1.29, 1.82) is 0 Å². The van der Waals surface area contributed by atoms with Crippen LogP contribution in [0.15, 0.2) is 0 Å². The summed E-state index contributed by atoms with van der Waals surface area (Å²) in [6.45, 7) is 0.0130. The second-order valence-corrected chi connectivity index (χ2v) is 7.09. The SMILES string of the molecule is O=C1CC[C@@H](C(=O)NNC(=O)[C@@H]2CC[C@H]3CN2C(=O)N3OS(=O)(=O)[O-])N1.[Na+]. The van der Waals surface area contributed by atoms with Crippen molar-refractivity contribution < 1.29 is 66.0 Å². The van der Waals surface area contributed by atoms with Gasteiger partial charge in [0.25, 0.3) is 11.8 Å². The number of hydrogen-bond donors (Lipinski definition) is 3. The summed E-state index contributed by atoms with van der Waals surface area (Å²) in [7, 11) is -5.12. The van der Waals surface area contributed by atoms with Crippen molar-refractivity contribution in [1.82, 2.24) is 26.1 Å². The average molecular weight is 413 g/mol. The van der Waals surface area contributed by atoms with Gasteiger partial charge in [-0.3, -0.25) is 25.2 Å². The molecular weight excluding hydrogens is 397 g/mol. The van der Waals surface area contributed by atoms with Crippen molar-refractivity contribution in [2.45, 2.75) is 43.8 Å². The van der Waals surface area contributed by atoms with E-state index in [0.29, 0.717) is 11.5 Å². The summed E-state index contributed by atoms with van der Waals surface area (Å²) >= 11 is 0. The molecule has 0 unspecified atom stereocenters. The van der Waals surface area contributed by atoms with Gasteiger partial charge in [-0.25, -0.2) is 13.2 Å². The van der Waals surface area contributed by atoms with E-state index in [-0.39, 0.29) is 61.3 Å². The third kappa shape index (κ3) is 4.89. The van der Waals surface area contributed by atoms with Gasteiger partial charge in [0, 0.05) is 13.0 Å². The molecule has 3 aliphatic heterocycles. The summed E-state index contributed by atoms with van der Waals surface area (Å²) in [5.74, 6) is -1.53. The fourth-order valence-electron chi connectivity index (χ4n) is 3.21. The topological polar surface area (TPSA) is 177 Å². The zero-order chi connectivity index (χ0) is 19.1. The van der Waals surface area contributed by atoms with E-state index >= 15 is 0 Å². The number of carbonyl (C=O) groups excluding carboxylic acids is 4. The fourth-order valence-corrected chi connectivity index (χ4v) is 3.59. The van der Waals surface area contributed by atoms with Crippen LogP contribution in [0.5, 0.6) is 0 Å². The van der Waals surface area contributed by atoms with Crippen molar-refractivity contribution in [3.63, 3.8) is 0 Å². The third-order valence-electron chi connectivity index (χ3n) is 4.42. The van der Waals surface area contributed by atoms with Crippen LogP contribution < -0.4 is 45.7 Å². The summed E-state index contributed by atoms with van der Waals surface area (Å²) in [5.41, 5.74) is 4.37. The van der Waals surface area contributed by atoms with E-state index in [1.807, 2.05) is 0 Å². The first-order chi connectivity index (χ1) is 12.2.